The van der Waals surface area contributed by atoms with E-state index in [0.29, 0.717) is 41.0 Å². The number of hydrogen-bond acceptors (Lipinski definition) is 11. The van der Waals surface area contributed by atoms with Crippen LogP contribution in [0.1, 0.15) is 63.4 Å². The van der Waals surface area contributed by atoms with Crippen LogP contribution in [-0.2, 0) is 14.4 Å². The summed E-state index contributed by atoms with van der Waals surface area (Å²) in [4.78, 5) is 60.1. The van der Waals surface area contributed by atoms with Crippen molar-refractivity contribution in [1.29, 1.82) is 0 Å². The standard InChI is InChI=1S/C24H26N2O8S2/c1-12-11-16(33-22(29)14-5-3-2-4-6-14)18-19(36-24(35-18)20(25-31)26-32)17(12)34-23(30)15-9-7-13(8-10-15)21(27)28/h11,13-15H,2-10H2,1H3,(H,27,28). The number of nitroso groups, excluding NO2 is 2. The van der Waals surface area contributed by atoms with E-state index in [1.54, 1.807) is 13.0 Å². The third-order valence-electron chi connectivity index (χ3n) is 6.85. The molecule has 1 heterocycles. The molecule has 3 aliphatic rings. The van der Waals surface area contributed by atoms with Crippen LogP contribution in [0.15, 0.2) is 36.3 Å². The van der Waals surface area contributed by atoms with Gasteiger partial charge in [-0.2, -0.15) is 0 Å². The van der Waals surface area contributed by atoms with Gasteiger partial charge in [0.2, 0.25) is 0 Å². The normalized spacial score (nSPS) is 21.9. The largest absolute Gasteiger partial charge is 0.481 e. The molecule has 0 atom stereocenters. The highest BCUT2D eigenvalue weighted by Crippen LogP contribution is 2.60. The molecule has 1 aromatic carbocycles. The van der Waals surface area contributed by atoms with Crippen molar-refractivity contribution in [1.82, 2.24) is 0 Å². The monoisotopic (exact) mass is 534 g/mol. The van der Waals surface area contributed by atoms with E-state index in [0.717, 1.165) is 55.6 Å². The number of carboxylic acids is 1. The number of esters is 2. The molecule has 0 unspecified atom stereocenters. The highest BCUT2D eigenvalue weighted by atomic mass is 32.2. The van der Waals surface area contributed by atoms with Crippen molar-refractivity contribution >= 4 is 41.4 Å². The van der Waals surface area contributed by atoms with Gasteiger partial charge >= 0.3 is 17.9 Å². The summed E-state index contributed by atoms with van der Waals surface area (Å²) in [6, 6.07) is 1.61. The first-order valence-electron chi connectivity index (χ1n) is 11.9. The number of thioether (sulfide) groups is 2. The van der Waals surface area contributed by atoms with E-state index in [1.807, 2.05) is 0 Å². The lowest BCUT2D eigenvalue weighted by Gasteiger charge is -2.25. The maximum Gasteiger partial charge on any atom is 0.314 e. The summed E-state index contributed by atoms with van der Waals surface area (Å²) in [6.45, 7) is 1.71. The minimum Gasteiger partial charge on any atom is -0.481 e. The summed E-state index contributed by atoms with van der Waals surface area (Å²) < 4.78 is 11.8. The van der Waals surface area contributed by atoms with Crippen molar-refractivity contribution in [3.05, 3.63) is 31.5 Å². The molecule has 12 heteroatoms. The van der Waals surface area contributed by atoms with E-state index < -0.39 is 29.6 Å². The lowest BCUT2D eigenvalue weighted by Crippen LogP contribution is -2.28. The van der Waals surface area contributed by atoms with Gasteiger partial charge in [-0.25, -0.2) is 0 Å². The molecule has 0 bridgehead atoms. The van der Waals surface area contributed by atoms with Gasteiger partial charge in [0.25, 0.3) is 5.82 Å². The van der Waals surface area contributed by atoms with E-state index in [2.05, 4.69) is 10.4 Å². The summed E-state index contributed by atoms with van der Waals surface area (Å²) in [6.07, 6.45) is 6.19. The lowest BCUT2D eigenvalue weighted by atomic mass is 9.82. The summed E-state index contributed by atoms with van der Waals surface area (Å²) in [7, 11) is 0. The van der Waals surface area contributed by atoms with Gasteiger partial charge in [-0.1, -0.05) is 42.8 Å². The van der Waals surface area contributed by atoms with Crippen LogP contribution < -0.4 is 9.47 Å². The third kappa shape index (κ3) is 5.64. The molecule has 1 N–H and O–H groups in total. The quantitative estimate of drug-likeness (QED) is 0.246. The number of carbonyl (C=O) groups excluding carboxylic acids is 2. The minimum absolute atomic E-state index is 0.189. The molecule has 0 spiro atoms. The molecule has 1 aromatic rings. The van der Waals surface area contributed by atoms with Gasteiger partial charge < -0.3 is 14.6 Å². The first kappa shape index (κ1) is 26.3. The predicted octanol–water partition coefficient (Wildman–Crippen LogP) is 6.13. The van der Waals surface area contributed by atoms with Crippen LogP contribution in [0.5, 0.6) is 11.5 Å². The second kappa shape index (κ2) is 11.5. The van der Waals surface area contributed by atoms with Crippen molar-refractivity contribution in [3.63, 3.8) is 0 Å². The predicted molar refractivity (Wildman–Crippen MR) is 132 cm³/mol. The van der Waals surface area contributed by atoms with Crippen molar-refractivity contribution < 1.29 is 29.0 Å². The smallest absolute Gasteiger partial charge is 0.314 e. The Kier molecular flexibility index (Phi) is 8.45. The Balaban J connectivity index is 1.61. The van der Waals surface area contributed by atoms with Gasteiger partial charge in [0.15, 0.2) is 0 Å². The number of carboxylic acid groups (broad SMARTS) is 1. The van der Waals surface area contributed by atoms with Crippen LogP contribution in [-0.4, -0.2) is 23.0 Å². The van der Waals surface area contributed by atoms with E-state index in [4.69, 9.17) is 9.47 Å². The Morgan fingerprint density at radius 2 is 1.39 bits per heavy atom. The highest BCUT2D eigenvalue weighted by Gasteiger charge is 2.36. The number of rotatable bonds is 7. The Bertz CT molecular complexity index is 1110. The van der Waals surface area contributed by atoms with Gasteiger partial charge in [0, 0.05) is 0 Å². The highest BCUT2D eigenvalue weighted by molar-refractivity contribution is 8.24. The summed E-state index contributed by atoms with van der Waals surface area (Å²) in [5.74, 6) is -2.76. The van der Waals surface area contributed by atoms with E-state index in [1.165, 1.54) is 0 Å². The molecular formula is C24H26N2O8S2. The van der Waals surface area contributed by atoms with E-state index in [9.17, 15) is 29.3 Å². The number of hydrogen-bond donors (Lipinski definition) is 1. The van der Waals surface area contributed by atoms with Gasteiger partial charge in [0.1, 0.15) is 15.7 Å². The van der Waals surface area contributed by atoms with Crippen LogP contribution in [0.2, 0.25) is 0 Å². The van der Waals surface area contributed by atoms with Gasteiger partial charge in [-0.05, 0) is 67.4 Å². The van der Waals surface area contributed by atoms with Crippen molar-refractivity contribution in [3.8, 4) is 11.5 Å². The molecule has 2 aliphatic carbocycles. The maximum absolute atomic E-state index is 13.0. The Morgan fingerprint density at radius 3 is 2.00 bits per heavy atom. The second-order valence-corrected chi connectivity index (χ2v) is 11.5. The van der Waals surface area contributed by atoms with Crippen molar-refractivity contribution in [2.24, 2.45) is 28.1 Å². The number of carbonyl (C=O) groups is 3. The Labute approximate surface area is 215 Å². The van der Waals surface area contributed by atoms with Gasteiger partial charge in [0.05, 0.1) is 27.5 Å². The van der Waals surface area contributed by atoms with Gasteiger partial charge in [-0.3, -0.25) is 14.4 Å². The fourth-order valence-electron chi connectivity index (χ4n) is 4.79. The summed E-state index contributed by atoms with van der Waals surface area (Å²) in [5.41, 5.74) is 0.543. The number of aliphatic carboxylic acids is 1. The zero-order valence-electron chi connectivity index (χ0n) is 19.7. The fraction of sp³-hybridized carbons (Fsp3) is 0.542. The summed E-state index contributed by atoms with van der Waals surface area (Å²) in [5, 5.41) is 14.6. The molecule has 2 saturated carbocycles. The molecule has 192 valence electrons. The van der Waals surface area contributed by atoms with Crippen LogP contribution in [0.25, 0.3) is 0 Å². The number of ether oxygens (including phenoxy) is 2. The molecule has 0 aromatic heterocycles. The topological polar surface area (TPSA) is 149 Å². The zero-order valence-corrected chi connectivity index (χ0v) is 21.3. The zero-order chi connectivity index (χ0) is 25.8. The Hall–Kier alpha value is -2.73. The second-order valence-electron chi connectivity index (χ2n) is 9.24. The molecule has 0 amide bonds. The first-order chi connectivity index (χ1) is 17.3. The van der Waals surface area contributed by atoms with E-state index in [-0.39, 0.29) is 27.6 Å². The molecule has 1 aliphatic heterocycles. The summed E-state index contributed by atoms with van der Waals surface area (Å²) >= 11 is 2.03. The number of fused-ring (bicyclic) bond motifs is 1. The number of benzene rings is 1. The average molecular weight is 535 g/mol. The van der Waals surface area contributed by atoms with Crippen LogP contribution >= 0.6 is 23.5 Å². The number of aryl methyl sites for hydroxylation is 1. The van der Waals surface area contributed by atoms with Crippen molar-refractivity contribution in [2.75, 3.05) is 0 Å². The number of nitrogens with zero attached hydrogens (tertiary/aromatic N) is 2. The van der Waals surface area contributed by atoms with Crippen LogP contribution in [0.3, 0.4) is 0 Å². The average Bonchev–Trinajstić information content (AvgIpc) is 3.33. The molecular weight excluding hydrogens is 508 g/mol. The molecule has 36 heavy (non-hydrogen) atoms. The maximum atomic E-state index is 13.0. The van der Waals surface area contributed by atoms with Crippen LogP contribution in [0, 0.1) is 34.5 Å². The fourth-order valence-corrected chi connectivity index (χ4v) is 7.29. The SMILES string of the molecule is Cc1cc(OC(=O)C2CCCCC2)c2c(c1OC(=O)C1CCC(C(=O)O)CC1)SC(=C(N=O)N=O)S2. The van der Waals surface area contributed by atoms with Gasteiger partial charge in [-0.15, -0.1) is 9.81 Å². The van der Waals surface area contributed by atoms with Crippen molar-refractivity contribution in [2.45, 2.75) is 74.5 Å². The third-order valence-corrected chi connectivity index (χ3v) is 9.42. The molecule has 4 rings (SSSR count). The van der Waals surface area contributed by atoms with Crippen LogP contribution in [0.4, 0.5) is 0 Å². The first-order valence-corrected chi connectivity index (χ1v) is 13.6. The molecule has 0 radical (unpaired) electrons. The molecule has 0 saturated heterocycles. The minimum atomic E-state index is -0.857. The molecule has 2 fully saturated rings. The van der Waals surface area contributed by atoms with E-state index >= 15 is 0 Å². The lowest BCUT2D eigenvalue weighted by molar-refractivity contribution is -0.147. The Morgan fingerprint density at radius 1 is 0.833 bits per heavy atom. The molecule has 10 nitrogen and oxygen atoms in total.